The number of hydrogen-bond donors (Lipinski definition) is 3. The van der Waals surface area contributed by atoms with Gasteiger partial charge in [-0.15, -0.1) is 0 Å². The molecule has 1 saturated heterocycles. The molecule has 5 heterocycles. The fourth-order valence-electron chi connectivity index (χ4n) is 4.35. The number of ether oxygens (including phenoxy) is 1. The highest BCUT2D eigenvalue weighted by Crippen LogP contribution is 2.33. The molecule has 1 unspecified atom stereocenters. The number of anilines is 1. The average Bonchev–Trinajstić information content (AvgIpc) is 3.47. The Morgan fingerprint density at radius 3 is 2.71 bits per heavy atom. The van der Waals surface area contributed by atoms with Gasteiger partial charge >= 0.3 is 0 Å². The Labute approximate surface area is 203 Å². The maximum Gasteiger partial charge on any atom is 0.256 e. The summed E-state index contributed by atoms with van der Waals surface area (Å²) in [7, 11) is 3.80. The van der Waals surface area contributed by atoms with Gasteiger partial charge in [-0.3, -0.25) is 4.79 Å². The van der Waals surface area contributed by atoms with Crippen LogP contribution in [0.2, 0.25) is 0 Å². The SMILES string of the molecule is CNc1cc(-c2cnc3n(C)cccc2-3)nc2c(C(=O)NC3CCC3)cnn12.OC1CCCOC1. The van der Waals surface area contributed by atoms with Gasteiger partial charge < -0.3 is 25.0 Å². The van der Waals surface area contributed by atoms with Crippen LogP contribution in [0.4, 0.5) is 5.82 Å². The van der Waals surface area contributed by atoms with Crippen LogP contribution in [0.3, 0.4) is 0 Å². The average molecular weight is 478 g/mol. The molecule has 184 valence electrons. The third kappa shape index (κ3) is 4.71. The van der Waals surface area contributed by atoms with Crippen LogP contribution in [0.1, 0.15) is 42.5 Å². The van der Waals surface area contributed by atoms with Gasteiger partial charge in [-0.25, -0.2) is 9.97 Å². The highest BCUT2D eigenvalue weighted by atomic mass is 16.5. The molecule has 35 heavy (non-hydrogen) atoms. The molecule has 1 amide bonds. The third-order valence-corrected chi connectivity index (χ3v) is 6.58. The fraction of sp³-hybridized carbons (Fsp3) is 0.440. The van der Waals surface area contributed by atoms with Gasteiger partial charge in [-0.05, 0) is 44.2 Å². The lowest BCUT2D eigenvalue weighted by Gasteiger charge is -2.26. The van der Waals surface area contributed by atoms with Crippen molar-refractivity contribution < 1.29 is 14.6 Å². The Bertz CT molecular complexity index is 1290. The number of fused-ring (bicyclic) bond motifs is 2. The predicted octanol–water partition coefficient (Wildman–Crippen LogP) is 2.72. The van der Waals surface area contributed by atoms with Crippen molar-refractivity contribution >= 4 is 17.4 Å². The second-order valence-electron chi connectivity index (χ2n) is 9.07. The van der Waals surface area contributed by atoms with Crippen molar-refractivity contribution in [3.63, 3.8) is 0 Å². The summed E-state index contributed by atoms with van der Waals surface area (Å²) in [5, 5.41) is 19.4. The van der Waals surface area contributed by atoms with Crippen LogP contribution in [-0.2, 0) is 11.8 Å². The minimum atomic E-state index is -0.186. The monoisotopic (exact) mass is 477 g/mol. The Balaban J connectivity index is 0.000000313. The summed E-state index contributed by atoms with van der Waals surface area (Å²) >= 11 is 0. The van der Waals surface area contributed by atoms with E-state index < -0.39 is 0 Å². The molecule has 0 aromatic carbocycles. The van der Waals surface area contributed by atoms with Gasteiger partial charge in [0.15, 0.2) is 5.65 Å². The number of nitrogens with zero attached hydrogens (tertiary/aromatic N) is 5. The lowest BCUT2D eigenvalue weighted by molar-refractivity contribution is -0.00535. The molecule has 3 aliphatic heterocycles. The first kappa shape index (κ1) is 23.3. The molecule has 4 aliphatic rings. The number of aliphatic hydroxyl groups excluding tert-OH is 1. The number of aromatic nitrogens is 5. The number of amides is 1. The van der Waals surface area contributed by atoms with Gasteiger partial charge in [0, 0.05) is 56.3 Å². The van der Waals surface area contributed by atoms with Crippen LogP contribution in [0.5, 0.6) is 0 Å². The number of pyridine rings is 1. The first-order chi connectivity index (χ1) is 17.0. The number of carbonyl (C=O) groups is 1. The van der Waals surface area contributed by atoms with Crippen molar-refractivity contribution in [3.8, 4) is 22.6 Å². The number of aryl methyl sites for hydroxylation is 1. The number of carbonyl (C=O) groups excluding carboxylic acids is 1. The molecular weight excluding hydrogens is 446 g/mol. The predicted molar refractivity (Wildman–Crippen MR) is 133 cm³/mol. The van der Waals surface area contributed by atoms with E-state index in [9.17, 15) is 4.79 Å². The number of nitrogens with one attached hydrogen (secondary N) is 2. The molecule has 10 heteroatoms. The Hall–Kier alpha value is -3.50. The van der Waals surface area contributed by atoms with Crippen molar-refractivity contribution in [2.75, 3.05) is 25.6 Å². The van der Waals surface area contributed by atoms with Crippen LogP contribution >= 0.6 is 0 Å². The summed E-state index contributed by atoms with van der Waals surface area (Å²) in [6.07, 6.45) is 10.4. The number of rotatable bonds is 4. The van der Waals surface area contributed by atoms with Crippen LogP contribution < -0.4 is 10.6 Å². The van der Waals surface area contributed by atoms with Gasteiger partial charge in [-0.1, -0.05) is 0 Å². The van der Waals surface area contributed by atoms with Gasteiger partial charge in [0.05, 0.1) is 24.6 Å². The van der Waals surface area contributed by atoms with Gasteiger partial charge in [-0.2, -0.15) is 9.61 Å². The summed E-state index contributed by atoms with van der Waals surface area (Å²) < 4.78 is 8.57. The molecular formula is C25H31N7O3. The Kier molecular flexibility index (Phi) is 6.65. The van der Waals surface area contributed by atoms with Gasteiger partial charge in [0.2, 0.25) is 0 Å². The van der Waals surface area contributed by atoms with E-state index in [0.717, 1.165) is 60.8 Å². The molecule has 2 aromatic heterocycles. The smallest absolute Gasteiger partial charge is 0.256 e. The van der Waals surface area contributed by atoms with Gasteiger partial charge in [0.25, 0.3) is 5.91 Å². The first-order valence-corrected chi connectivity index (χ1v) is 12.1. The summed E-state index contributed by atoms with van der Waals surface area (Å²) in [4.78, 5) is 22.1. The maximum atomic E-state index is 12.7. The zero-order valence-electron chi connectivity index (χ0n) is 20.1. The molecule has 1 saturated carbocycles. The molecule has 3 N–H and O–H groups in total. The first-order valence-electron chi connectivity index (χ1n) is 12.1. The van der Waals surface area contributed by atoms with Crippen LogP contribution in [-0.4, -0.2) is 67.6 Å². The summed E-state index contributed by atoms with van der Waals surface area (Å²) in [5.74, 6) is 1.53. The van der Waals surface area contributed by atoms with Crippen LogP contribution in [0, 0.1) is 0 Å². The quantitative estimate of drug-likeness (QED) is 0.414. The minimum absolute atomic E-state index is 0.122. The molecule has 0 bridgehead atoms. The fourth-order valence-corrected chi connectivity index (χ4v) is 4.35. The van der Waals surface area contributed by atoms with Crippen molar-refractivity contribution in [1.82, 2.24) is 29.5 Å². The standard InChI is InChI=1S/C20H21N7O.C5H10O2/c1-21-17-9-16(14-10-22-18-13(14)7-4-8-26(18)2)25-19-15(11-23-27(17)19)20(28)24-12-5-3-6-12;6-5-2-1-3-7-4-5/h4,7-12,21H,3,5-6H2,1-2H3,(H,24,28);5-6H,1-4H2. The van der Waals surface area contributed by atoms with E-state index in [1.54, 1.807) is 10.7 Å². The van der Waals surface area contributed by atoms with E-state index in [0.29, 0.717) is 17.8 Å². The van der Waals surface area contributed by atoms with Crippen molar-refractivity contribution in [3.05, 3.63) is 42.4 Å². The normalized spacial score (nSPS) is 18.1. The van der Waals surface area contributed by atoms with Crippen molar-refractivity contribution in [2.24, 2.45) is 7.05 Å². The summed E-state index contributed by atoms with van der Waals surface area (Å²) in [6, 6.07) is 6.21. The maximum absolute atomic E-state index is 12.7. The molecule has 10 nitrogen and oxygen atoms in total. The number of aliphatic hydroxyl groups is 1. The van der Waals surface area contributed by atoms with E-state index >= 15 is 0 Å². The van der Waals surface area contributed by atoms with Crippen LogP contribution in [0.25, 0.3) is 28.3 Å². The largest absolute Gasteiger partial charge is 0.391 e. The van der Waals surface area contributed by atoms with E-state index in [2.05, 4.69) is 20.7 Å². The second kappa shape index (κ2) is 10.0. The highest BCUT2D eigenvalue weighted by Gasteiger charge is 2.24. The van der Waals surface area contributed by atoms with E-state index in [1.807, 2.05) is 49.3 Å². The molecule has 1 aliphatic carbocycles. The molecule has 2 aromatic rings. The molecule has 2 fully saturated rings. The summed E-state index contributed by atoms with van der Waals surface area (Å²) in [6.45, 7) is 1.37. The summed E-state index contributed by atoms with van der Waals surface area (Å²) in [5.41, 5.74) is 3.72. The van der Waals surface area contributed by atoms with Gasteiger partial charge in [0.1, 0.15) is 17.2 Å². The van der Waals surface area contributed by atoms with Crippen LogP contribution in [0.15, 0.2) is 36.8 Å². The minimum Gasteiger partial charge on any atom is -0.391 e. The zero-order chi connectivity index (χ0) is 24.4. The Morgan fingerprint density at radius 2 is 2.06 bits per heavy atom. The highest BCUT2D eigenvalue weighted by molar-refractivity contribution is 6.00. The van der Waals surface area contributed by atoms with E-state index in [4.69, 9.17) is 14.8 Å². The lowest BCUT2D eigenvalue weighted by Crippen LogP contribution is -2.39. The van der Waals surface area contributed by atoms with Crippen molar-refractivity contribution in [1.29, 1.82) is 0 Å². The van der Waals surface area contributed by atoms with E-state index in [-0.39, 0.29) is 18.1 Å². The van der Waals surface area contributed by atoms with Crippen molar-refractivity contribution in [2.45, 2.75) is 44.2 Å². The zero-order valence-corrected chi connectivity index (χ0v) is 20.1. The third-order valence-electron chi connectivity index (χ3n) is 6.58. The lowest BCUT2D eigenvalue weighted by atomic mass is 9.93. The topological polar surface area (TPSA) is 119 Å². The molecule has 1 atom stereocenters. The van der Waals surface area contributed by atoms with E-state index in [1.165, 1.54) is 6.42 Å². The second-order valence-corrected chi connectivity index (χ2v) is 9.07. The molecule has 0 radical (unpaired) electrons. The molecule has 6 rings (SSSR count). The Morgan fingerprint density at radius 1 is 1.20 bits per heavy atom. The molecule has 0 spiro atoms. The number of hydrogen-bond acceptors (Lipinski definition) is 7.